The normalized spacial score (nSPS) is 15.7. The molecule has 2 aromatic rings. The zero-order valence-electron chi connectivity index (χ0n) is 15.0. The van der Waals surface area contributed by atoms with Crippen LogP contribution >= 0.6 is 11.6 Å². The number of pyridine rings is 1. The van der Waals surface area contributed by atoms with E-state index in [0.29, 0.717) is 43.4 Å². The molecule has 1 amide bonds. The van der Waals surface area contributed by atoms with Crippen LogP contribution in [0.15, 0.2) is 48.7 Å². The smallest absolute Gasteiger partial charge is 0.355 e. The highest BCUT2D eigenvalue weighted by atomic mass is 35.5. The number of halogens is 4. The van der Waals surface area contributed by atoms with Crippen LogP contribution in [0.3, 0.4) is 0 Å². The number of benzene rings is 1. The fraction of sp³-hybridized carbons (Fsp3) is 0.300. The van der Waals surface area contributed by atoms with Gasteiger partial charge in [-0.1, -0.05) is 23.7 Å². The summed E-state index contributed by atoms with van der Waals surface area (Å²) in [6, 6.07) is 9.61. The van der Waals surface area contributed by atoms with Crippen molar-refractivity contribution in [2.45, 2.75) is 12.6 Å². The van der Waals surface area contributed by atoms with Crippen molar-refractivity contribution < 1.29 is 18.0 Å². The van der Waals surface area contributed by atoms with E-state index in [1.165, 1.54) is 12.1 Å². The van der Waals surface area contributed by atoms with Crippen LogP contribution in [-0.4, -0.2) is 42.0 Å². The Balaban J connectivity index is 1.60. The second-order valence-corrected chi connectivity index (χ2v) is 6.89. The predicted octanol–water partition coefficient (Wildman–Crippen LogP) is 4.51. The van der Waals surface area contributed by atoms with E-state index in [-0.39, 0.29) is 5.91 Å². The van der Waals surface area contributed by atoms with Gasteiger partial charge in [0.15, 0.2) is 0 Å². The van der Waals surface area contributed by atoms with Crippen molar-refractivity contribution >= 4 is 29.4 Å². The van der Waals surface area contributed by atoms with Gasteiger partial charge >= 0.3 is 6.18 Å². The zero-order valence-corrected chi connectivity index (χ0v) is 15.7. The fourth-order valence-electron chi connectivity index (χ4n) is 2.99. The summed E-state index contributed by atoms with van der Waals surface area (Å²) in [4.78, 5) is 20.0. The third kappa shape index (κ3) is 5.25. The summed E-state index contributed by atoms with van der Waals surface area (Å²) < 4.78 is 38.0. The maximum atomic E-state index is 12.7. The monoisotopic (exact) mass is 409 g/mol. The lowest BCUT2D eigenvalue weighted by Crippen LogP contribution is -2.34. The molecule has 0 bridgehead atoms. The predicted molar refractivity (Wildman–Crippen MR) is 103 cm³/mol. The van der Waals surface area contributed by atoms with Crippen molar-refractivity contribution in [1.29, 1.82) is 0 Å². The lowest BCUT2D eigenvalue weighted by molar-refractivity contribution is -0.137. The Labute approximate surface area is 166 Å². The summed E-state index contributed by atoms with van der Waals surface area (Å²) in [5.41, 5.74) is 0.0697. The summed E-state index contributed by atoms with van der Waals surface area (Å²) in [6.45, 7) is 2.19. The Bertz CT molecular complexity index is 853. The molecular weight excluding hydrogens is 391 g/mol. The van der Waals surface area contributed by atoms with Gasteiger partial charge in [-0.15, -0.1) is 0 Å². The molecule has 2 heterocycles. The van der Waals surface area contributed by atoms with Gasteiger partial charge in [0.2, 0.25) is 5.91 Å². The van der Waals surface area contributed by atoms with Gasteiger partial charge in [0.25, 0.3) is 0 Å². The minimum absolute atomic E-state index is 0.109. The highest BCUT2D eigenvalue weighted by Gasteiger charge is 2.31. The summed E-state index contributed by atoms with van der Waals surface area (Å²) in [5.74, 6) is 0.374. The number of hydrogen-bond donors (Lipinski definition) is 0. The summed E-state index contributed by atoms with van der Waals surface area (Å²) in [5, 5.41) is 0.601. The van der Waals surface area contributed by atoms with Crippen LogP contribution in [0.2, 0.25) is 5.02 Å². The van der Waals surface area contributed by atoms with Crippen LogP contribution in [0.25, 0.3) is 6.08 Å². The maximum Gasteiger partial charge on any atom is 0.417 e. The number of carbonyl (C=O) groups excluding carboxylic acids is 1. The van der Waals surface area contributed by atoms with Gasteiger partial charge in [0, 0.05) is 43.5 Å². The van der Waals surface area contributed by atoms with Crippen molar-refractivity contribution in [3.63, 3.8) is 0 Å². The third-order valence-electron chi connectivity index (χ3n) is 4.47. The number of rotatable bonds is 3. The standard InChI is InChI=1S/C20H19ClF3N3O/c21-17-4-1-3-15(13-17)5-8-19(28)27-10-2-9-26(11-12-27)18-7-6-16(14-25-18)20(22,23)24/h1,3-8,13-14H,2,9-12H2/b8-5+. The number of aromatic nitrogens is 1. The number of nitrogens with zero attached hydrogens (tertiary/aromatic N) is 3. The first-order valence-electron chi connectivity index (χ1n) is 8.84. The van der Waals surface area contributed by atoms with Crippen LogP contribution in [0.5, 0.6) is 0 Å². The molecule has 3 rings (SSSR count). The van der Waals surface area contributed by atoms with E-state index in [9.17, 15) is 18.0 Å². The van der Waals surface area contributed by atoms with E-state index in [2.05, 4.69) is 4.98 Å². The van der Waals surface area contributed by atoms with Crippen LogP contribution in [-0.2, 0) is 11.0 Å². The molecule has 1 aliphatic rings. The van der Waals surface area contributed by atoms with Crippen molar-refractivity contribution in [2.24, 2.45) is 0 Å². The van der Waals surface area contributed by atoms with Gasteiger partial charge in [0.1, 0.15) is 5.82 Å². The maximum absolute atomic E-state index is 12.7. The van der Waals surface area contributed by atoms with Crippen molar-refractivity contribution in [3.8, 4) is 0 Å². The second kappa shape index (κ2) is 8.65. The topological polar surface area (TPSA) is 36.4 Å². The number of hydrogen-bond acceptors (Lipinski definition) is 3. The molecule has 0 unspecified atom stereocenters. The lowest BCUT2D eigenvalue weighted by Gasteiger charge is -2.22. The fourth-order valence-corrected chi connectivity index (χ4v) is 3.19. The second-order valence-electron chi connectivity index (χ2n) is 6.46. The van der Waals surface area contributed by atoms with Gasteiger partial charge in [-0.25, -0.2) is 4.98 Å². The van der Waals surface area contributed by atoms with E-state index in [4.69, 9.17) is 11.6 Å². The molecule has 148 valence electrons. The molecule has 0 radical (unpaired) electrons. The molecule has 4 nitrogen and oxygen atoms in total. The van der Waals surface area contributed by atoms with Gasteiger partial charge in [-0.3, -0.25) is 4.79 Å². The molecule has 1 fully saturated rings. The molecule has 1 aromatic carbocycles. The quantitative estimate of drug-likeness (QED) is 0.700. The Morgan fingerprint density at radius 3 is 2.61 bits per heavy atom. The van der Waals surface area contributed by atoms with Crippen LogP contribution in [0.1, 0.15) is 17.5 Å². The molecule has 1 aliphatic heterocycles. The van der Waals surface area contributed by atoms with E-state index in [1.807, 2.05) is 17.0 Å². The van der Waals surface area contributed by atoms with E-state index in [0.717, 1.165) is 17.8 Å². The van der Waals surface area contributed by atoms with Crippen LogP contribution < -0.4 is 4.90 Å². The summed E-state index contributed by atoms with van der Waals surface area (Å²) >= 11 is 5.94. The highest BCUT2D eigenvalue weighted by Crippen LogP contribution is 2.29. The van der Waals surface area contributed by atoms with Gasteiger partial charge in [-0.2, -0.15) is 13.2 Å². The first kappa shape index (κ1) is 20.2. The third-order valence-corrected chi connectivity index (χ3v) is 4.71. The lowest BCUT2D eigenvalue weighted by atomic mass is 10.2. The highest BCUT2D eigenvalue weighted by molar-refractivity contribution is 6.30. The minimum atomic E-state index is -4.40. The Morgan fingerprint density at radius 2 is 1.93 bits per heavy atom. The molecule has 0 N–H and O–H groups in total. The first-order valence-corrected chi connectivity index (χ1v) is 9.21. The van der Waals surface area contributed by atoms with Crippen molar-refractivity contribution in [1.82, 2.24) is 9.88 Å². The molecule has 0 atom stereocenters. The first-order chi connectivity index (χ1) is 13.3. The van der Waals surface area contributed by atoms with Gasteiger partial charge in [-0.05, 0) is 42.3 Å². The molecule has 28 heavy (non-hydrogen) atoms. The number of anilines is 1. The summed E-state index contributed by atoms with van der Waals surface area (Å²) in [7, 11) is 0. The van der Waals surface area contributed by atoms with Gasteiger partial charge in [0.05, 0.1) is 5.56 Å². The SMILES string of the molecule is O=C(/C=C/c1cccc(Cl)c1)N1CCCN(c2ccc(C(F)(F)F)cn2)CC1. The number of carbonyl (C=O) groups is 1. The van der Waals surface area contributed by atoms with Crippen LogP contribution in [0, 0.1) is 0 Å². The Hall–Kier alpha value is -2.54. The van der Waals surface area contributed by atoms with E-state index >= 15 is 0 Å². The number of alkyl halides is 3. The molecule has 1 saturated heterocycles. The molecular formula is C20H19ClF3N3O. The minimum Gasteiger partial charge on any atom is -0.355 e. The molecule has 0 spiro atoms. The molecule has 0 saturated carbocycles. The number of amides is 1. The Kier molecular flexibility index (Phi) is 6.24. The molecule has 0 aliphatic carbocycles. The summed E-state index contributed by atoms with van der Waals surface area (Å²) in [6.07, 6.45) is 0.380. The largest absolute Gasteiger partial charge is 0.417 e. The van der Waals surface area contributed by atoms with Crippen molar-refractivity contribution in [3.05, 3.63) is 64.8 Å². The van der Waals surface area contributed by atoms with E-state index in [1.54, 1.807) is 23.1 Å². The zero-order chi connectivity index (χ0) is 20.1. The average Bonchev–Trinajstić information content (AvgIpc) is 2.92. The van der Waals surface area contributed by atoms with Crippen molar-refractivity contribution in [2.75, 3.05) is 31.1 Å². The molecule has 8 heteroatoms. The molecule has 1 aromatic heterocycles. The van der Waals surface area contributed by atoms with Gasteiger partial charge < -0.3 is 9.80 Å². The van der Waals surface area contributed by atoms with E-state index < -0.39 is 11.7 Å². The average molecular weight is 410 g/mol. The van der Waals surface area contributed by atoms with Crippen LogP contribution in [0.4, 0.5) is 19.0 Å². The Morgan fingerprint density at radius 1 is 1.11 bits per heavy atom.